The second-order valence-electron chi connectivity index (χ2n) is 4.85. The Morgan fingerprint density at radius 3 is 3.06 bits per heavy atom. The molecule has 0 bridgehead atoms. The van der Waals surface area contributed by atoms with E-state index in [1.807, 2.05) is 0 Å². The first-order chi connectivity index (χ1) is 8.15. The van der Waals surface area contributed by atoms with Gasteiger partial charge in [-0.2, -0.15) is 5.26 Å². The van der Waals surface area contributed by atoms with E-state index in [-0.39, 0.29) is 16.5 Å². The van der Waals surface area contributed by atoms with Crippen LogP contribution in [0, 0.1) is 22.2 Å². The predicted octanol–water partition coefficient (Wildman–Crippen LogP) is 0.759. The quantitative estimate of drug-likeness (QED) is 0.716. The molecule has 88 valence electrons. The van der Waals surface area contributed by atoms with Crippen LogP contribution in [0.25, 0.3) is 0 Å². The first-order valence-electron chi connectivity index (χ1n) is 5.63. The van der Waals surface area contributed by atoms with Crippen LogP contribution in [0.4, 0.5) is 0 Å². The fourth-order valence-electron chi connectivity index (χ4n) is 2.46. The van der Waals surface area contributed by atoms with Crippen LogP contribution in [-0.4, -0.2) is 27.6 Å². The Morgan fingerprint density at radius 2 is 2.47 bits per heavy atom. The van der Waals surface area contributed by atoms with Crippen molar-refractivity contribution in [3.8, 4) is 6.07 Å². The van der Waals surface area contributed by atoms with Crippen molar-refractivity contribution < 1.29 is 9.53 Å². The molecule has 0 atom stereocenters. The van der Waals surface area contributed by atoms with Crippen LogP contribution in [0.15, 0.2) is 6.20 Å². The summed E-state index contributed by atoms with van der Waals surface area (Å²) in [6.45, 7) is 2.75. The smallest absolute Gasteiger partial charge is 0.360 e. The number of hydrogen-bond donors (Lipinski definition) is 0. The summed E-state index contributed by atoms with van der Waals surface area (Å²) < 4.78 is 6.47. The number of carbonyl (C=O) groups excluding carboxylic acids is 1. The molecule has 1 aromatic heterocycles. The molecule has 0 radical (unpaired) electrons. The Morgan fingerprint density at radius 1 is 1.71 bits per heavy atom. The van der Waals surface area contributed by atoms with Crippen molar-refractivity contribution in [2.24, 2.45) is 10.8 Å². The van der Waals surface area contributed by atoms with E-state index in [2.05, 4.69) is 16.4 Å². The molecule has 6 heteroatoms. The number of aromatic nitrogens is 3. The van der Waals surface area contributed by atoms with Gasteiger partial charge in [-0.25, -0.2) is 4.79 Å². The van der Waals surface area contributed by atoms with E-state index in [9.17, 15) is 4.79 Å². The zero-order chi connectivity index (χ0) is 12.1. The van der Waals surface area contributed by atoms with Gasteiger partial charge < -0.3 is 4.74 Å². The first kappa shape index (κ1) is 10.3. The van der Waals surface area contributed by atoms with Gasteiger partial charge in [0.15, 0.2) is 5.69 Å². The molecule has 2 fully saturated rings. The molecule has 3 rings (SSSR count). The second kappa shape index (κ2) is 3.06. The number of esters is 1. The molecule has 1 aromatic rings. The molecule has 0 N–H and O–H groups in total. The summed E-state index contributed by atoms with van der Waals surface area (Å²) in [4.78, 5) is 11.4. The second-order valence-corrected chi connectivity index (χ2v) is 4.85. The third-order valence-corrected chi connectivity index (χ3v) is 3.75. The highest BCUT2D eigenvalue weighted by Gasteiger charge is 2.84. The first-order valence-corrected chi connectivity index (χ1v) is 5.63. The maximum absolute atomic E-state index is 11.4. The van der Waals surface area contributed by atoms with Crippen LogP contribution >= 0.6 is 0 Å². The molecule has 0 aliphatic heterocycles. The standard InChI is InChI=1S/C11H12N4O2/c1-2-17-9(16)8-3-15(14-13-8)7-11-4-10(11,5-11)6-12/h3H,2,4-5,7H2,1H3. The molecular formula is C11H12N4O2. The summed E-state index contributed by atoms with van der Waals surface area (Å²) in [5, 5.41) is 16.6. The van der Waals surface area contributed by atoms with E-state index in [0.29, 0.717) is 13.2 Å². The minimum absolute atomic E-state index is 0.0942. The highest BCUT2D eigenvalue weighted by molar-refractivity contribution is 5.86. The van der Waals surface area contributed by atoms with E-state index in [0.717, 1.165) is 12.8 Å². The van der Waals surface area contributed by atoms with Crippen LogP contribution in [0.3, 0.4) is 0 Å². The maximum atomic E-state index is 11.4. The van der Waals surface area contributed by atoms with Crippen LogP contribution in [0.2, 0.25) is 0 Å². The molecule has 6 nitrogen and oxygen atoms in total. The van der Waals surface area contributed by atoms with Gasteiger partial charge in [-0.1, -0.05) is 5.21 Å². The van der Waals surface area contributed by atoms with Gasteiger partial charge in [0.2, 0.25) is 0 Å². The van der Waals surface area contributed by atoms with Crippen molar-refractivity contribution in [3.63, 3.8) is 0 Å². The Hall–Kier alpha value is -1.90. The summed E-state index contributed by atoms with van der Waals surface area (Å²) in [7, 11) is 0. The largest absolute Gasteiger partial charge is 0.461 e. The van der Waals surface area contributed by atoms with E-state index in [4.69, 9.17) is 10.00 Å². The molecule has 2 saturated carbocycles. The van der Waals surface area contributed by atoms with Gasteiger partial charge in [-0.05, 0) is 19.8 Å². The van der Waals surface area contributed by atoms with Gasteiger partial charge in [0.05, 0.1) is 24.3 Å². The van der Waals surface area contributed by atoms with Gasteiger partial charge in [-0.3, -0.25) is 4.68 Å². The molecule has 0 aromatic carbocycles. The lowest BCUT2D eigenvalue weighted by molar-refractivity contribution is 0.0519. The van der Waals surface area contributed by atoms with Crippen LogP contribution in [0.5, 0.6) is 0 Å². The molecule has 0 spiro atoms. The summed E-state index contributed by atoms with van der Waals surface area (Å²) in [5.74, 6) is -0.450. The van der Waals surface area contributed by atoms with Crippen molar-refractivity contribution in [3.05, 3.63) is 11.9 Å². The number of rotatable bonds is 4. The van der Waals surface area contributed by atoms with Crippen LogP contribution in [0.1, 0.15) is 30.3 Å². The lowest BCUT2D eigenvalue weighted by Crippen LogP contribution is -2.06. The van der Waals surface area contributed by atoms with Crippen molar-refractivity contribution >= 4 is 5.97 Å². The normalized spacial score (nSPS) is 32.5. The number of nitrogens with zero attached hydrogens (tertiary/aromatic N) is 4. The van der Waals surface area contributed by atoms with Gasteiger partial charge >= 0.3 is 5.97 Å². The summed E-state index contributed by atoms with van der Waals surface area (Å²) in [6.07, 6.45) is 3.49. The van der Waals surface area contributed by atoms with Crippen molar-refractivity contribution in [2.45, 2.75) is 26.3 Å². The highest BCUT2D eigenvalue weighted by atomic mass is 16.5. The topological polar surface area (TPSA) is 80.8 Å². The molecule has 0 amide bonds. The van der Waals surface area contributed by atoms with Gasteiger partial charge in [0.25, 0.3) is 0 Å². The van der Waals surface area contributed by atoms with Gasteiger partial charge in [0.1, 0.15) is 0 Å². The molecule has 2 aliphatic carbocycles. The van der Waals surface area contributed by atoms with Gasteiger partial charge in [0, 0.05) is 12.0 Å². The minimum Gasteiger partial charge on any atom is -0.461 e. The van der Waals surface area contributed by atoms with Crippen LogP contribution < -0.4 is 0 Å². The maximum Gasteiger partial charge on any atom is 0.360 e. The Balaban J connectivity index is 1.67. The lowest BCUT2D eigenvalue weighted by atomic mass is 10.2. The molecule has 17 heavy (non-hydrogen) atoms. The monoisotopic (exact) mass is 232 g/mol. The molecular weight excluding hydrogens is 220 g/mol. The zero-order valence-electron chi connectivity index (χ0n) is 9.51. The van der Waals surface area contributed by atoms with E-state index in [1.165, 1.54) is 0 Å². The highest BCUT2D eigenvalue weighted by Crippen LogP contribution is 2.86. The average Bonchev–Trinajstić information content (AvgIpc) is 2.97. The number of ether oxygens (including phenoxy) is 1. The summed E-state index contributed by atoms with van der Waals surface area (Å²) >= 11 is 0. The Labute approximate surface area is 98.2 Å². The van der Waals surface area contributed by atoms with Crippen molar-refractivity contribution in [1.82, 2.24) is 15.0 Å². The fraction of sp³-hybridized carbons (Fsp3) is 0.636. The summed E-state index contributed by atoms with van der Waals surface area (Å²) in [5.41, 5.74) is 0.247. The fourth-order valence-corrected chi connectivity index (χ4v) is 2.46. The van der Waals surface area contributed by atoms with E-state index < -0.39 is 5.97 Å². The van der Waals surface area contributed by atoms with Gasteiger partial charge in [-0.15, -0.1) is 5.10 Å². The third-order valence-electron chi connectivity index (χ3n) is 3.75. The van der Waals surface area contributed by atoms with Crippen molar-refractivity contribution in [2.75, 3.05) is 6.61 Å². The minimum atomic E-state index is -0.450. The third kappa shape index (κ3) is 1.35. The molecule has 0 saturated heterocycles. The van der Waals surface area contributed by atoms with Crippen molar-refractivity contribution in [1.29, 1.82) is 5.26 Å². The SMILES string of the molecule is CCOC(=O)c1cn(CC23CC2(C#N)C3)nn1. The molecule has 2 aliphatic rings. The van der Waals surface area contributed by atoms with Crippen LogP contribution in [-0.2, 0) is 11.3 Å². The number of nitriles is 1. The number of fused-ring (bicyclic) bond motifs is 1. The average molecular weight is 232 g/mol. The lowest BCUT2D eigenvalue weighted by Gasteiger charge is -2.00. The Kier molecular flexibility index (Phi) is 1.85. The molecule has 1 heterocycles. The number of carbonyl (C=O) groups is 1. The Bertz CT molecular complexity index is 522. The van der Waals surface area contributed by atoms with E-state index in [1.54, 1.807) is 17.8 Å². The number of hydrogen-bond acceptors (Lipinski definition) is 5. The summed E-state index contributed by atoms with van der Waals surface area (Å²) in [6, 6.07) is 2.35. The van der Waals surface area contributed by atoms with E-state index >= 15 is 0 Å². The zero-order valence-corrected chi connectivity index (χ0v) is 9.51. The molecule has 0 unspecified atom stereocenters. The predicted molar refractivity (Wildman–Crippen MR) is 55.7 cm³/mol.